The largest absolute Gasteiger partial charge is 0.496 e. The minimum atomic E-state index is 0.0980. The van der Waals surface area contributed by atoms with Gasteiger partial charge in [0.2, 0.25) is 17.7 Å². The molecule has 10 nitrogen and oxygen atoms in total. The molecule has 0 bridgehead atoms. The number of pyridine rings is 2. The molecular formula is C36H38Cl2N6O4. The molecule has 6 rings (SSSR count). The minimum Gasteiger partial charge on any atom is -0.496 e. The Morgan fingerprint density at radius 3 is 2.08 bits per heavy atom. The maximum absolute atomic E-state index is 11.5. The van der Waals surface area contributed by atoms with Crippen LogP contribution in [-0.4, -0.2) is 62.2 Å². The highest BCUT2D eigenvalue weighted by Gasteiger charge is 2.23. The molecule has 4 heterocycles. The Labute approximate surface area is 289 Å². The van der Waals surface area contributed by atoms with E-state index < -0.39 is 0 Å². The summed E-state index contributed by atoms with van der Waals surface area (Å²) in [6.07, 6.45) is 2.82. The first-order valence-electron chi connectivity index (χ1n) is 15.9. The van der Waals surface area contributed by atoms with Crippen molar-refractivity contribution in [2.75, 3.05) is 40.4 Å². The molecule has 4 aromatic rings. The number of halogens is 2. The van der Waals surface area contributed by atoms with E-state index in [1.165, 1.54) is 0 Å². The normalized spacial score (nSPS) is 17.3. The van der Waals surface area contributed by atoms with E-state index in [2.05, 4.69) is 26.3 Å². The van der Waals surface area contributed by atoms with E-state index >= 15 is 0 Å². The molecule has 2 atom stereocenters. The van der Waals surface area contributed by atoms with Gasteiger partial charge in [-0.05, 0) is 30.0 Å². The molecule has 2 fully saturated rings. The Morgan fingerprint density at radius 1 is 0.792 bits per heavy atom. The average Bonchev–Trinajstić information content (AvgIpc) is 3.72. The zero-order chi connectivity index (χ0) is 33.6. The van der Waals surface area contributed by atoms with Crippen LogP contribution in [0.4, 0.5) is 0 Å². The van der Waals surface area contributed by atoms with E-state index in [9.17, 15) is 9.59 Å². The Bertz CT molecular complexity index is 1690. The molecule has 0 radical (unpaired) electrons. The lowest BCUT2D eigenvalue weighted by Gasteiger charge is -2.16. The molecule has 0 spiro atoms. The second kappa shape index (κ2) is 15.3. The number of methoxy groups -OCH3 is 2. The van der Waals surface area contributed by atoms with Gasteiger partial charge >= 0.3 is 0 Å². The van der Waals surface area contributed by atoms with Gasteiger partial charge in [0.05, 0.1) is 35.7 Å². The smallest absolute Gasteiger partial charge is 0.220 e. The molecule has 12 heteroatoms. The molecule has 2 aromatic carbocycles. The fraction of sp³-hybridized carbons (Fsp3) is 0.333. The van der Waals surface area contributed by atoms with Crippen molar-refractivity contribution in [3.8, 4) is 45.3 Å². The molecule has 48 heavy (non-hydrogen) atoms. The highest BCUT2D eigenvalue weighted by atomic mass is 35.5. The fourth-order valence-electron chi connectivity index (χ4n) is 6.20. The number of carbonyl (C=O) groups excluding carboxylic acids is 2. The Kier molecular flexibility index (Phi) is 10.8. The van der Waals surface area contributed by atoms with E-state index in [1.54, 1.807) is 20.4 Å². The van der Waals surface area contributed by atoms with Gasteiger partial charge in [0.1, 0.15) is 5.75 Å². The summed E-state index contributed by atoms with van der Waals surface area (Å²) in [4.78, 5) is 32.4. The van der Waals surface area contributed by atoms with Gasteiger partial charge in [-0.1, -0.05) is 59.6 Å². The first-order chi connectivity index (χ1) is 23.3. The summed E-state index contributed by atoms with van der Waals surface area (Å²) < 4.78 is 11.4. The van der Waals surface area contributed by atoms with Crippen LogP contribution in [0.3, 0.4) is 0 Å². The van der Waals surface area contributed by atoms with Crippen molar-refractivity contribution in [2.45, 2.75) is 25.9 Å². The molecule has 0 aliphatic carbocycles. The Hall–Kier alpha value is -4.22. The van der Waals surface area contributed by atoms with E-state index in [0.29, 0.717) is 72.1 Å². The molecular weight excluding hydrogens is 651 g/mol. The van der Waals surface area contributed by atoms with Crippen molar-refractivity contribution in [1.82, 2.24) is 31.2 Å². The lowest BCUT2D eigenvalue weighted by Crippen LogP contribution is -2.24. The number of carbonyl (C=O) groups is 2. The highest BCUT2D eigenvalue weighted by Crippen LogP contribution is 2.42. The number of benzene rings is 2. The minimum absolute atomic E-state index is 0.0980. The molecule has 250 valence electrons. The van der Waals surface area contributed by atoms with E-state index in [4.69, 9.17) is 37.7 Å². The predicted molar refractivity (Wildman–Crippen MR) is 187 cm³/mol. The maximum atomic E-state index is 11.5. The Balaban J connectivity index is 1.20. The number of aromatic nitrogens is 2. The van der Waals surface area contributed by atoms with Gasteiger partial charge in [0.15, 0.2) is 0 Å². The van der Waals surface area contributed by atoms with Gasteiger partial charge in [-0.15, -0.1) is 0 Å². The number of nitrogens with zero attached hydrogens (tertiary/aromatic N) is 2. The number of amides is 2. The van der Waals surface area contributed by atoms with Crippen LogP contribution < -0.4 is 30.7 Å². The van der Waals surface area contributed by atoms with Gasteiger partial charge in [0, 0.05) is 91.7 Å². The third kappa shape index (κ3) is 7.57. The SMILES string of the molecule is COc1cc(-c2nccc(-c3cccc(-c4ccc(CNC[C@@H]5CNC(=O)C5)c(OC)n4)c3Cl)c2Cl)ccc1CNC[C@H]1CNC(=O)C1. The highest BCUT2D eigenvalue weighted by molar-refractivity contribution is 6.39. The monoisotopic (exact) mass is 688 g/mol. The second-order valence-corrected chi connectivity index (χ2v) is 12.8. The third-order valence-electron chi connectivity index (χ3n) is 8.77. The molecule has 2 aliphatic heterocycles. The van der Waals surface area contributed by atoms with Crippen LogP contribution in [0, 0.1) is 11.8 Å². The number of hydrogen-bond acceptors (Lipinski definition) is 8. The molecule has 0 saturated carbocycles. The van der Waals surface area contributed by atoms with Crippen LogP contribution in [0.15, 0.2) is 60.8 Å². The van der Waals surface area contributed by atoms with Crippen LogP contribution >= 0.6 is 23.2 Å². The summed E-state index contributed by atoms with van der Waals surface area (Å²) in [7, 11) is 3.24. The van der Waals surface area contributed by atoms with Gasteiger partial charge in [0.25, 0.3) is 0 Å². The fourth-order valence-corrected chi connectivity index (χ4v) is 6.85. The third-order valence-corrected chi connectivity index (χ3v) is 9.56. The van der Waals surface area contributed by atoms with Crippen molar-refractivity contribution in [2.24, 2.45) is 11.8 Å². The van der Waals surface area contributed by atoms with Crippen LogP contribution in [0.1, 0.15) is 24.0 Å². The summed E-state index contributed by atoms with van der Waals surface area (Å²) in [5.74, 6) is 1.99. The molecule has 2 aromatic heterocycles. The van der Waals surface area contributed by atoms with Crippen LogP contribution in [0.25, 0.3) is 33.6 Å². The van der Waals surface area contributed by atoms with Crippen LogP contribution in [0.2, 0.25) is 10.0 Å². The first-order valence-corrected chi connectivity index (χ1v) is 16.7. The number of ether oxygens (including phenoxy) is 2. The van der Waals surface area contributed by atoms with Gasteiger partial charge < -0.3 is 30.7 Å². The predicted octanol–water partition coefficient (Wildman–Crippen LogP) is 5.25. The molecule has 4 N–H and O–H groups in total. The van der Waals surface area contributed by atoms with Gasteiger partial charge in [-0.2, -0.15) is 0 Å². The summed E-state index contributed by atoms with van der Waals surface area (Å²) >= 11 is 14.1. The standard InChI is InChI=1S/C36H38Cl2N6O4/c1-47-30-14-23(6-7-24(30)19-39-15-21-12-31(45)42-17-21)35-34(38)27(10-11-41-35)26-4-3-5-28(33(26)37)29-9-8-25(36(44-29)48-2)20-40-16-22-13-32(46)43-18-22/h3-11,14,21-22,39-40H,12-13,15-20H2,1-2H3,(H,42,45)(H,43,46)/t21-,22+/m0/s1. The van der Waals surface area contributed by atoms with Crippen molar-refractivity contribution in [3.05, 3.63) is 82.0 Å². The lowest BCUT2D eigenvalue weighted by atomic mass is 9.99. The Morgan fingerprint density at radius 2 is 1.44 bits per heavy atom. The molecule has 2 aliphatic rings. The van der Waals surface area contributed by atoms with Crippen LogP contribution in [0.5, 0.6) is 11.6 Å². The summed E-state index contributed by atoms with van der Waals surface area (Å²) in [6, 6.07) is 17.5. The maximum Gasteiger partial charge on any atom is 0.220 e. The first kappa shape index (κ1) is 33.7. The number of nitrogens with one attached hydrogen (secondary N) is 4. The zero-order valence-corrected chi connectivity index (χ0v) is 28.4. The van der Waals surface area contributed by atoms with E-state index in [0.717, 1.165) is 46.5 Å². The number of hydrogen-bond donors (Lipinski definition) is 4. The quantitative estimate of drug-likeness (QED) is 0.150. The topological polar surface area (TPSA) is 126 Å². The van der Waals surface area contributed by atoms with Crippen molar-refractivity contribution in [3.63, 3.8) is 0 Å². The average molecular weight is 690 g/mol. The van der Waals surface area contributed by atoms with Crippen molar-refractivity contribution in [1.29, 1.82) is 0 Å². The summed E-state index contributed by atoms with van der Waals surface area (Å²) in [5, 5.41) is 13.6. The summed E-state index contributed by atoms with van der Waals surface area (Å²) in [5.41, 5.74) is 6.23. The van der Waals surface area contributed by atoms with E-state index in [-0.39, 0.29) is 23.7 Å². The van der Waals surface area contributed by atoms with Crippen molar-refractivity contribution >= 4 is 35.0 Å². The van der Waals surface area contributed by atoms with Crippen LogP contribution in [-0.2, 0) is 22.7 Å². The lowest BCUT2D eigenvalue weighted by molar-refractivity contribution is -0.120. The van der Waals surface area contributed by atoms with Gasteiger partial charge in [-0.3, -0.25) is 14.6 Å². The zero-order valence-electron chi connectivity index (χ0n) is 26.9. The van der Waals surface area contributed by atoms with E-state index in [1.807, 2.05) is 54.6 Å². The van der Waals surface area contributed by atoms with Crippen molar-refractivity contribution < 1.29 is 19.1 Å². The molecule has 2 saturated heterocycles. The summed E-state index contributed by atoms with van der Waals surface area (Å²) in [6.45, 7) is 4.03. The molecule has 0 unspecified atom stereocenters. The van der Waals surface area contributed by atoms with Gasteiger partial charge in [-0.25, -0.2) is 4.98 Å². The second-order valence-electron chi connectivity index (χ2n) is 12.1. The molecule has 2 amide bonds. The number of rotatable bonds is 13.